The molecule has 1 saturated heterocycles. The summed E-state index contributed by atoms with van der Waals surface area (Å²) >= 11 is 0. The van der Waals surface area contributed by atoms with Crippen LogP contribution in [0, 0.1) is 19.8 Å². The van der Waals surface area contributed by atoms with Gasteiger partial charge in [-0.1, -0.05) is 29.3 Å². The Hall–Kier alpha value is -0.280. The molecule has 0 spiro atoms. The molecule has 0 unspecified atom stereocenters. The molecule has 1 N–H and O–H groups in total. The predicted octanol–water partition coefficient (Wildman–Crippen LogP) is 3.50. The SMILES string of the molecule is Cc1cc(C)cc([C@H](C2CC2)N2CCNCC2)c1.Cl.Cl. The van der Waals surface area contributed by atoms with Gasteiger partial charge in [-0.05, 0) is 38.2 Å². The second kappa shape index (κ2) is 7.65. The molecule has 2 nitrogen and oxygen atoms in total. The van der Waals surface area contributed by atoms with Gasteiger partial charge in [0.05, 0.1) is 0 Å². The number of piperazine rings is 1. The summed E-state index contributed by atoms with van der Waals surface area (Å²) in [6.07, 6.45) is 2.84. The summed E-state index contributed by atoms with van der Waals surface area (Å²) in [6, 6.07) is 7.76. The van der Waals surface area contributed by atoms with Crippen LogP contribution in [-0.2, 0) is 0 Å². The van der Waals surface area contributed by atoms with Gasteiger partial charge in [0.15, 0.2) is 0 Å². The van der Waals surface area contributed by atoms with Gasteiger partial charge < -0.3 is 5.32 Å². The average molecular weight is 317 g/mol. The molecule has 2 fully saturated rings. The lowest BCUT2D eigenvalue weighted by atomic mass is 9.96. The quantitative estimate of drug-likeness (QED) is 0.918. The van der Waals surface area contributed by atoms with E-state index < -0.39 is 0 Å². The highest BCUT2D eigenvalue weighted by atomic mass is 35.5. The monoisotopic (exact) mass is 316 g/mol. The minimum absolute atomic E-state index is 0. The van der Waals surface area contributed by atoms with E-state index in [1.165, 1.54) is 37.1 Å². The fourth-order valence-corrected chi connectivity index (χ4v) is 3.33. The van der Waals surface area contributed by atoms with E-state index in [1.54, 1.807) is 5.56 Å². The minimum atomic E-state index is 0. The molecule has 2 aliphatic rings. The normalized spacial score (nSPS) is 20.7. The molecule has 20 heavy (non-hydrogen) atoms. The Bertz CT molecular complexity index is 406. The summed E-state index contributed by atoms with van der Waals surface area (Å²) in [6.45, 7) is 9.14. The van der Waals surface area contributed by atoms with E-state index in [1.807, 2.05) is 0 Å². The summed E-state index contributed by atoms with van der Waals surface area (Å²) < 4.78 is 0. The zero-order valence-corrected chi connectivity index (χ0v) is 14.0. The molecule has 1 aromatic rings. The number of halogens is 2. The third-order valence-corrected chi connectivity index (χ3v) is 4.20. The van der Waals surface area contributed by atoms with Crippen LogP contribution in [0.15, 0.2) is 18.2 Å². The molecule has 0 amide bonds. The van der Waals surface area contributed by atoms with E-state index in [0.29, 0.717) is 6.04 Å². The lowest BCUT2D eigenvalue weighted by Crippen LogP contribution is -2.45. The van der Waals surface area contributed by atoms with Crippen LogP contribution in [0.2, 0.25) is 0 Å². The van der Waals surface area contributed by atoms with Crippen LogP contribution in [0.3, 0.4) is 0 Å². The molecule has 1 atom stereocenters. The van der Waals surface area contributed by atoms with Crippen LogP contribution in [-0.4, -0.2) is 31.1 Å². The molecule has 0 aromatic heterocycles. The number of nitrogens with one attached hydrogen (secondary N) is 1. The number of aryl methyl sites for hydroxylation is 2. The second-order valence-corrected chi connectivity index (χ2v) is 5.99. The first-order valence-electron chi connectivity index (χ1n) is 7.27. The maximum Gasteiger partial charge on any atom is 0.0377 e. The Balaban J connectivity index is 0.000001000. The Morgan fingerprint density at radius 1 is 1.00 bits per heavy atom. The first-order chi connectivity index (χ1) is 8.74. The summed E-state index contributed by atoms with van der Waals surface area (Å²) in [5, 5.41) is 3.46. The smallest absolute Gasteiger partial charge is 0.0377 e. The Kier molecular flexibility index (Phi) is 6.80. The third kappa shape index (κ3) is 4.11. The molecule has 0 bridgehead atoms. The van der Waals surface area contributed by atoms with Gasteiger partial charge in [-0.2, -0.15) is 0 Å². The van der Waals surface area contributed by atoms with Crippen molar-refractivity contribution in [3.63, 3.8) is 0 Å². The average Bonchev–Trinajstić information content (AvgIpc) is 3.14. The Labute approximate surface area is 135 Å². The zero-order chi connectivity index (χ0) is 12.5. The van der Waals surface area contributed by atoms with Crippen molar-refractivity contribution in [3.05, 3.63) is 34.9 Å². The van der Waals surface area contributed by atoms with Crippen LogP contribution >= 0.6 is 24.8 Å². The van der Waals surface area contributed by atoms with E-state index in [4.69, 9.17) is 0 Å². The molecule has 1 aliphatic carbocycles. The van der Waals surface area contributed by atoms with E-state index in [-0.39, 0.29) is 24.8 Å². The summed E-state index contributed by atoms with van der Waals surface area (Å²) in [5.74, 6) is 0.907. The highest BCUT2D eigenvalue weighted by Crippen LogP contribution is 2.44. The van der Waals surface area contributed by atoms with Gasteiger partial charge in [0.2, 0.25) is 0 Å². The Morgan fingerprint density at radius 3 is 2.05 bits per heavy atom. The van der Waals surface area contributed by atoms with Crippen LogP contribution in [0.25, 0.3) is 0 Å². The molecular weight excluding hydrogens is 291 g/mol. The third-order valence-electron chi connectivity index (χ3n) is 4.20. The minimum Gasteiger partial charge on any atom is -0.314 e. The van der Waals surface area contributed by atoms with E-state index in [2.05, 4.69) is 42.3 Å². The number of nitrogens with zero attached hydrogens (tertiary/aromatic N) is 1. The summed E-state index contributed by atoms with van der Waals surface area (Å²) in [4.78, 5) is 2.70. The first kappa shape index (κ1) is 17.8. The number of rotatable bonds is 3. The maximum atomic E-state index is 3.46. The van der Waals surface area contributed by atoms with Gasteiger partial charge in [-0.15, -0.1) is 24.8 Å². The van der Waals surface area contributed by atoms with Gasteiger partial charge in [-0.3, -0.25) is 4.90 Å². The van der Waals surface area contributed by atoms with Crippen molar-refractivity contribution in [2.24, 2.45) is 5.92 Å². The highest BCUT2D eigenvalue weighted by molar-refractivity contribution is 5.85. The van der Waals surface area contributed by atoms with Crippen LogP contribution < -0.4 is 5.32 Å². The van der Waals surface area contributed by atoms with Gasteiger partial charge in [-0.25, -0.2) is 0 Å². The summed E-state index contributed by atoms with van der Waals surface area (Å²) in [7, 11) is 0. The standard InChI is InChI=1S/C16H24N2.2ClH/c1-12-9-13(2)11-15(10-12)16(14-3-4-14)18-7-5-17-6-8-18;;/h9-11,14,16-17H,3-8H2,1-2H3;2*1H/t16-;;/m0../s1. The van der Waals surface area contributed by atoms with Gasteiger partial charge in [0.25, 0.3) is 0 Å². The van der Waals surface area contributed by atoms with Crippen LogP contribution in [0.1, 0.15) is 35.6 Å². The first-order valence-corrected chi connectivity index (χ1v) is 7.27. The van der Waals surface area contributed by atoms with Crippen molar-refractivity contribution in [1.82, 2.24) is 10.2 Å². The number of benzene rings is 1. The van der Waals surface area contributed by atoms with Gasteiger partial charge in [0, 0.05) is 32.2 Å². The lowest BCUT2D eigenvalue weighted by molar-refractivity contribution is 0.156. The molecule has 114 valence electrons. The second-order valence-electron chi connectivity index (χ2n) is 5.99. The molecule has 0 radical (unpaired) electrons. The van der Waals surface area contributed by atoms with Crippen molar-refractivity contribution < 1.29 is 0 Å². The van der Waals surface area contributed by atoms with E-state index in [9.17, 15) is 0 Å². The molecule has 4 heteroatoms. The maximum absolute atomic E-state index is 3.46. The molecule has 1 saturated carbocycles. The predicted molar refractivity (Wildman–Crippen MR) is 90.3 cm³/mol. The van der Waals surface area contributed by atoms with Gasteiger partial charge in [0.1, 0.15) is 0 Å². The lowest BCUT2D eigenvalue weighted by Gasteiger charge is -2.35. The summed E-state index contributed by atoms with van der Waals surface area (Å²) in [5.41, 5.74) is 4.37. The van der Waals surface area contributed by atoms with Crippen LogP contribution in [0.4, 0.5) is 0 Å². The van der Waals surface area contributed by atoms with Crippen molar-refractivity contribution in [1.29, 1.82) is 0 Å². The number of hydrogen-bond donors (Lipinski definition) is 1. The molecular formula is C16H26Cl2N2. The van der Waals surface area contributed by atoms with Crippen molar-refractivity contribution in [2.45, 2.75) is 32.7 Å². The fourth-order valence-electron chi connectivity index (χ4n) is 3.33. The fraction of sp³-hybridized carbons (Fsp3) is 0.625. The zero-order valence-electron chi connectivity index (χ0n) is 12.4. The van der Waals surface area contributed by atoms with Crippen molar-refractivity contribution in [3.8, 4) is 0 Å². The molecule has 1 heterocycles. The van der Waals surface area contributed by atoms with Crippen molar-refractivity contribution in [2.75, 3.05) is 26.2 Å². The van der Waals surface area contributed by atoms with E-state index in [0.717, 1.165) is 19.0 Å². The van der Waals surface area contributed by atoms with E-state index >= 15 is 0 Å². The molecule has 3 rings (SSSR count). The molecule has 1 aliphatic heterocycles. The largest absolute Gasteiger partial charge is 0.314 e. The van der Waals surface area contributed by atoms with Crippen molar-refractivity contribution >= 4 is 24.8 Å². The topological polar surface area (TPSA) is 15.3 Å². The Morgan fingerprint density at radius 2 is 1.55 bits per heavy atom. The highest BCUT2D eigenvalue weighted by Gasteiger charge is 2.36. The van der Waals surface area contributed by atoms with Crippen LogP contribution in [0.5, 0.6) is 0 Å². The van der Waals surface area contributed by atoms with Gasteiger partial charge >= 0.3 is 0 Å². The molecule has 1 aromatic carbocycles. The number of hydrogen-bond acceptors (Lipinski definition) is 2.